The molecule has 0 spiro atoms. The highest BCUT2D eigenvalue weighted by Crippen LogP contribution is 2.27. The molecule has 0 bridgehead atoms. The lowest BCUT2D eigenvalue weighted by molar-refractivity contribution is -0.146. The molecule has 0 fully saturated rings. The number of hydrogen-bond donors (Lipinski definition) is 1. The van der Waals surface area contributed by atoms with Crippen LogP contribution in [0, 0.1) is 11.6 Å². The summed E-state index contributed by atoms with van der Waals surface area (Å²) in [7, 11) is 0. The lowest BCUT2D eigenvalue weighted by Gasteiger charge is -2.10. The highest BCUT2D eigenvalue weighted by molar-refractivity contribution is 5.93. The van der Waals surface area contributed by atoms with Crippen LogP contribution in [0.3, 0.4) is 0 Å². The molecule has 22 heavy (non-hydrogen) atoms. The summed E-state index contributed by atoms with van der Waals surface area (Å²) >= 11 is 0. The first-order valence-corrected chi connectivity index (χ1v) is 5.85. The van der Waals surface area contributed by atoms with E-state index < -0.39 is 41.5 Å². The summed E-state index contributed by atoms with van der Waals surface area (Å²) in [4.78, 5) is 14.8. The Hall–Kier alpha value is -2.52. The molecular formula is C12H8F5N3O2. The van der Waals surface area contributed by atoms with E-state index in [1.165, 1.54) is 13.0 Å². The zero-order chi connectivity index (χ0) is 16.5. The summed E-state index contributed by atoms with van der Waals surface area (Å²) in [6.07, 6.45) is -4.81. The number of aromatic nitrogens is 2. The molecule has 0 radical (unpaired) electrons. The van der Waals surface area contributed by atoms with Crippen LogP contribution in [0.25, 0.3) is 0 Å². The Labute approximate surface area is 120 Å². The molecule has 2 rings (SSSR count). The minimum atomic E-state index is -4.81. The van der Waals surface area contributed by atoms with Gasteiger partial charge in [-0.25, -0.2) is 8.78 Å². The number of carbonyl (C=O) groups is 1. The molecule has 1 heterocycles. The molecular weight excluding hydrogens is 313 g/mol. The summed E-state index contributed by atoms with van der Waals surface area (Å²) in [5.74, 6) is -5.56. The van der Waals surface area contributed by atoms with Gasteiger partial charge in [0.05, 0.1) is 5.92 Å². The summed E-state index contributed by atoms with van der Waals surface area (Å²) in [6, 6.07) is 2.08. The maximum Gasteiger partial charge on any atom is 0.455 e. The van der Waals surface area contributed by atoms with E-state index in [2.05, 4.69) is 14.7 Å². The van der Waals surface area contributed by atoms with E-state index in [4.69, 9.17) is 0 Å². The molecule has 0 aliphatic rings. The van der Waals surface area contributed by atoms with Gasteiger partial charge in [-0.05, 0) is 29.8 Å². The fourth-order valence-corrected chi connectivity index (χ4v) is 1.54. The number of carbonyl (C=O) groups excluding carboxylic acids is 1. The van der Waals surface area contributed by atoms with Crippen molar-refractivity contribution in [2.75, 3.05) is 5.32 Å². The van der Waals surface area contributed by atoms with Crippen LogP contribution in [0.1, 0.15) is 24.2 Å². The van der Waals surface area contributed by atoms with E-state index in [0.717, 1.165) is 12.1 Å². The maximum absolute atomic E-state index is 13.1. The second-order valence-electron chi connectivity index (χ2n) is 4.31. The summed E-state index contributed by atoms with van der Waals surface area (Å²) in [5.41, 5.74) is 0.131. The van der Waals surface area contributed by atoms with Gasteiger partial charge in [0, 0.05) is 0 Å². The van der Waals surface area contributed by atoms with Crippen LogP contribution in [-0.4, -0.2) is 16.0 Å². The summed E-state index contributed by atoms with van der Waals surface area (Å²) in [6.45, 7) is 1.35. The number of amides is 1. The molecule has 1 aromatic heterocycles. The van der Waals surface area contributed by atoms with Crippen molar-refractivity contribution in [3.8, 4) is 0 Å². The van der Waals surface area contributed by atoms with Gasteiger partial charge in [-0.2, -0.15) is 18.2 Å². The Bertz CT molecular complexity index is 698. The lowest BCUT2D eigenvalue weighted by Crippen LogP contribution is -2.19. The molecule has 118 valence electrons. The van der Waals surface area contributed by atoms with Gasteiger partial charge in [0.1, 0.15) is 0 Å². The highest BCUT2D eigenvalue weighted by Gasteiger charge is 2.37. The van der Waals surface area contributed by atoms with Gasteiger partial charge < -0.3 is 4.52 Å². The van der Waals surface area contributed by atoms with Crippen LogP contribution >= 0.6 is 0 Å². The Morgan fingerprint density at radius 2 is 1.95 bits per heavy atom. The van der Waals surface area contributed by atoms with E-state index in [-0.39, 0.29) is 5.56 Å². The Morgan fingerprint density at radius 1 is 1.27 bits per heavy atom. The largest absolute Gasteiger partial charge is 0.455 e. The van der Waals surface area contributed by atoms with Crippen molar-refractivity contribution in [3.05, 3.63) is 41.2 Å². The summed E-state index contributed by atoms with van der Waals surface area (Å²) < 4.78 is 67.0. The number of nitrogens with zero attached hydrogens (tertiary/aromatic N) is 2. The standard InChI is InChI=1S/C12H8F5N3O2/c1-5(6-2-3-7(13)8(14)4-6)9(21)18-11-19-10(20-22-11)12(15,16)17/h2-5H,1H3,(H,18,19,20,21). The number of nitrogens with one attached hydrogen (secondary N) is 1. The van der Waals surface area contributed by atoms with E-state index in [9.17, 15) is 26.7 Å². The van der Waals surface area contributed by atoms with Crippen molar-refractivity contribution in [1.29, 1.82) is 0 Å². The van der Waals surface area contributed by atoms with Crippen molar-refractivity contribution >= 4 is 11.9 Å². The van der Waals surface area contributed by atoms with Crippen LogP contribution in [-0.2, 0) is 11.0 Å². The number of benzene rings is 1. The fraction of sp³-hybridized carbons (Fsp3) is 0.250. The first-order valence-electron chi connectivity index (χ1n) is 5.85. The molecule has 0 aliphatic carbocycles. The molecule has 2 aromatic rings. The van der Waals surface area contributed by atoms with Crippen LogP contribution in [0.15, 0.2) is 22.7 Å². The second-order valence-corrected chi connectivity index (χ2v) is 4.31. The molecule has 1 aromatic carbocycles. The van der Waals surface area contributed by atoms with E-state index in [1.807, 2.05) is 5.32 Å². The van der Waals surface area contributed by atoms with Gasteiger partial charge in [-0.1, -0.05) is 6.07 Å². The minimum absolute atomic E-state index is 0.131. The van der Waals surface area contributed by atoms with Crippen molar-refractivity contribution in [2.24, 2.45) is 0 Å². The summed E-state index contributed by atoms with van der Waals surface area (Å²) in [5, 5.41) is 4.63. The Kier molecular flexibility index (Phi) is 4.11. The third-order valence-electron chi connectivity index (χ3n) is 2.75. The van der Waals surface area contributed by atoms with E-state index in [1.54, 1.807) is 0 Å². The molecule has 1 atom stereocenters. The Balaban J connectivity index is 2.11. The Morgan fingerprint density at radius 3 is 2.50 bits per heavy atom. The van der Waals surface area contributed by atoms with Gasteiger partial charge in [-0.3, -0.25) is 10.1 Å². The van der Waals surface area contributed by atoms with E-state index in [0.29, 0.717) is 0 Å². The smallest absolute Gasteiger partial charge is 0.315 e. The average Bonchev–Trinajstić information content (AvgIpc) is 2.89. The first-order chi connectivity index (χ1) is 10.2. The number of halogens is 5. The number of alkyl halides is 3. The maximum atomic E-state index is 13.1. The topological polar surface area (TPSA) is 68.0 Å². The lowest BCUT2D eigenvalue weighted by atomic mass is 10.0. The zero-order valence-corrected chi connectivity index (χ0v) is 10.9. The van der Waals surface area contributed by atoms with Crippen molar-refractivity contribution in [1.82, 2.24) is 10.1 Å². The fourth-order valence-electron chi connectivity index (χ4n) is 1.54. The number of hydrogen-bond acceptors (Lipinski definition) is 4. The molecule has 0 aliphatic heterocycles. The predicted molar refractivity (Wildman–Crippen MR) is 62.7 cm³/mol. The van der Waals surface area contributed by atoms with Crippen molar-refractivity contribution < 1.29 is 31.3 Å². The van der Waals surface area contributed by atoms with Crippen molar-refractivity contribution in [2.45, 2.75) is 19.0 Å². The first kappa shape index (κ1) is 15.9. The molecule has 1 N–H and O–H groups in total. The molecule has 5 nitrogen and oxygen atoms in total. The van der Waals surface area contributed by atoms with Crippen LogP contribution in [0.4, 0.5) is 28.0 Å². The molecule has 0 saturated carbocycles. The third kappa shape index (κ3) is 3.38. The van der Waals surface area contributed by atoms with Crippen LogP contribution in [0.2, 0.25) is 0 Å². The van der Waals surface area contributed by atoms with Gasteiger partial charge >= 0.3 is 12.2 Å². The van der Waals surface area contributed by atoms with Gasteiger partial charge in [0.2, 0.25) is 5.91 Å². The molecule has 10 heteroatoms. The normalized spacial score (nSPS) is 13.0. The van der Waals surface area contributed by atoms with Gasteiger partial charge in [0.15, 0.2) is 11.6 Å². The molecule has 1 amide bonds. The second kappa shape index (κ2) is 5.70. The third-order valence-corrected chi connectivity index (χ3v) is 2.75. The zero-order valence-electron chi connectivity index (χ0n) is 10.9. The van der Waals surface area contributed by atoms with Crippen LogP contribution in [0.5, 0.6) is 0 Å². The van der Waals surface area contributed by atoms with Gasteiger partial charge in [-0.15, -0.1) is 0 Å². The molecule has 1 unspecified atom stereocenters. The van der Waals surface area contributed by atoms with Crippen molar-refractivity contribution in [3.63, 3.8) is 0 Å². The highest BCUT2D eigenvalue weighted by atomic mass is 19.4. The number of anilines is 1. The van der Waals surface area contributed by atoms with E-state index >= 15 is 0 Å². The SMILES string of the molecule is CC(C(=O)Nc1nc(C(F)(F)F)no1)c1ccc(F)c(F)c1. The quantitative estimate of drug-likeness (QED) is 0.882. The predicted octanol–water partition coefficient (Wildman–Crippen LogP) is 3.11. The average molecular weight is 321 g/mol. The number of rotatable bonds is 3. The van der Waals surface area contributed by atoms with Gasteiger partial charge in [0.25, 0.3) is 5.82 Å². The minimum Gasteiger partial charge on any atom is -0.315 e. The monoisotopic (exact) mass is 321 g/mol. The molecule has 0 saturated heterocycles. The van der Waals surface area contributed by atoms with Crippen LogP contribution < -0.4 is 5.32 Å².